The third-order valence-corrected chi connectivity index (χ3v) is 4.91. The van der Waals surface area contributed by atoms with Crippen LogP contribution in [0.25, 0.3) is 11.0 Å². The number of ether oxygens (including phenoxy) is 1. The summed E-state index contributed by atoms with van der Waals surface area (Å²) in [6.45, 7) is 2.93. The van der Waals surface area contributed by atoms with Crippen molar-refractivity contribution >= 4 is 22.8 Å². The van der Waals surface area contributed by atoms with E-state index in [1.54, 1.807) is 7.11 Å². The third kappa shape index (κ3) is 3.84. The number of nitrogens with zero attached hydrogens (tertiary/aromatic N) is 4. The molecule has 0 atom stereocenters. The van der Waals surface area contributed by atoms with Crippen LogP contribution in [0, 0.1) is 0 Å². The molecule has 0 bridgehead atoms. The fourth-order valence-corrected chi connectivity index (χ4v) is 3.31. The van der Waals surface area contributed by atoms with Crippen LogP contribution in [0.5, 0.6) is 5.75 Å². The Morgan fingerprint density at radius 2 is 1.70 bits per heavy atom. The maximum absolute atomic E-state index is 12.6. The van der Waals surface area contributed by atoms with Crippen molar-refractivity contribution in [2.75, 3.05) is 38.2 Å². The molecule has 0 saturated carbocycles. The first kappa shape index (κ1) is 17.3. The summed E-state index contributed by atoms with van der Waals surface area (Å²) in [5, 5.41) is 0. The zero-order chi connectivity index (χ0) is 18.6. The molecule has 138 valence electrons. The summed E-state index contributed by atoms with van der Waals surface area (Å²) in [4.78, 5) is 25.9. The molecule has 0 spiro atoms. The van der Waals surface area contributed by atoms with Gasteiger partial charge in [-0.25, -0.2) is 4.98 Å². The fraction of sp³-hybridized carbons (Fsp3) is 0.286. The van der Waals surface area contributed by atoms with Gasteiger partial charge in [0.1, 0.15) is 11.6 Å². The van der Waals surface area contributed by atoms with Crippen LogP contribution >= 0.6 is 0 Å². The van der Waals surface area contributed by atoms with Gasteiger partial charge in [0.25, 0.3) is 0 Å². The number of para-hydroxylation sites is 2. The Morgan fingerprint density at radius 1 is 1.00 bits per heavy atom. The summed E-state index contributed by atoms with van der Waals surface area (Å²) in [7, 11) is 1.64. The summed E-state index contributed by atoms with van der Waals surface area (Å²) in [6, 6.07) is 15.5. The molecule has 4 rings (SSSR count). The van der Waals surface area contributed by atoms with E-state index in [2.05, 4.69) is 9.88 Å². The highest BCUT2D eigenvalue weighted by atomic mass is 16.5. The molecule has 2 heterocycles. The Balaban J connectivity index is 1.36. The molecular weight excluding hydrogens is 340 g/mol. The maximum atomic E-state index is 12.6. The standard InChI is InChI=1S/C21H22N4O2/c1-27-17-8-6-16(7-9-17)14-21(26)25-12-10-24(11-13-25)20-15-22-18-4-2-3-5-19(18)23-20/h2-9,15H,10-14H2,1H3. The average Bonchev–Trinajstić information content (AvgIpc) is 2.74. The highest BCUT2D eigenvalue weighted by molar-refractivity contribution is 5.79. The first-order valence-electron chi connectivity index (χ1n) is 9.10. The van der Waals surface area contributed by atoms with Crippen molar-refractivity contribution in [3.8, 4) is 5.75 Å². The maximum Gasteiger partial charge on any atom is 0.227 e. The van der Waals surface area contributed by atoms with Gasteiger partial charge in [-0.15, -0.1) is 0 Å². The van der Waals surface area contributed by atoms with Gasteiger partial charge >= 0.3 is 0 Å². The zero-order valence-corrected chi connectivity index (χ0v) is 15.3. The van der Waals surface area contributed by atoms with Gasteiger partial charge < -0.3 is 14.5 Å². The Labute approximate surface area is 158 Å². The SMILES string of the molecule is COc1ccc(CC(=O)N2CCN(c3cnc4ccccc4n3)CC2)cc1. The van der Waals surface area contributed by atoms with Crippen molar-refractivity contribution in [1.29, 1.82) is 0 Å². The van der Waals surface area contributed by atoms with Gasteiger partial charge in [-0.3, -0.25) is 9.78 Å². The van der Waals surface area contributed by atoms with Crippen molar-refractivity contribution in [3.05, 3.63) is 60.3 Å². The molecule has 2 aromatic carbocycles. The largest absolute Gasteiger partial charge is 0.497 e. The Bertz CT molecular complexity index is 934. The highest BCUT2D eigenvalue weighted by Crippen LogP contribution is 2.18. The van der Waals surface area contributed by atoms with Crippen LogP contribution in [0.1, 0.15) is 5.56 Å². The van der Waals surface area contributed by atoms with Gasteiger partial charge in [-0.1, -0.05) is 24.3 Å². The van der Waals surface area contributed by atoms with Crippen LogP contribution in [0.4, 0.5) is 5.82 Å². The molecule has 6 heteroatoms. The minimum absolute atomic E-state index is 0.157. The van der Waals surface area contributed by atoms with Gasteiger partial charge in [-0.05, 0) is 29.8 Å². The molecule has 0 N–H and O–H groups in total. The summed E-state index contributed by atoms with van der Waals surface area (Å²) in [5.74, 6) is 1.83. The first-order chi connectivity index (χ1) is 13.2. The quantitative estimate of drug-likeness (QED) is 0.714. The van der Waals surface area contributed by atoms with E-state index in [1.807, 2.05) is 59.6 Å². The lowest BCUT2D eigenvalue weighted by Crippen LogP contribution is -2.49. The second-order valence-electron chi connectivity index (χ2n) is 6.61. The number of carbonyl (C=O) groups excluding carboxylic acids is 1. The van der Waals surface area contributed by atoms with Crippen molar-refractivity contribution in [2.45, 2.75) is 6.42 Å². The van der Waals surface area contributed by atoms with E-state index in [-0.39, 0.29) is 5.91 Å². The number of rotatable bonds is 4. The number of aromatic nitrogens is 2. The van der Waals surface area contributed by atoms with Gasteiger partial charge in [-0.2, -0.15) is 0 Å². The van der Waals surface area contributed by atoms with Crippen molar-refractivity contribution in [3.63, 3.8) is 0 Å². The van der Waals surface area contributed by atoms with Crippen LogP contribution in [0.15, 0.2) is 54.7 Å². The Morgan fingerprint density at radius 3 is 2.41 bits per heavy atom. The van der Waals surface area contributed by atoms with Gasteiger partial charge in [0, 0.05) is 26.2 Å². The number of methoxy groups -OCH3 is 1. The normalized spacial score (nSPS) is 14.4. The molecule has 1 aromatic heterocycles. The molecule has 1 saturated heterocycles. The molecule has 0 radical (unpaired) electrons. The molecule has 1 fully saturated rings. The number of carbonyl (C=O) groups is 1. The topological polar surface area (TPSA) is 58.6 Å². The number of anilines is 1. The average molecular weight is 362 g/mol. The van der Waals surface area contributed by atoms with Crippen molar-refractivity contribution < 1.29 is 9.53 Å². The van der Waals surface area contributed by atoms with Crippen LogP contribution < -0.4 is 9.64 Å². The predicted octanol–water partition coefficient (Wildman–Crippen LogP) is 2.53. The second-order valence-corrected chi connectivity index (χ2v) is 6.61. The number of hydrogen-bond donors (Lipinski definition) is 0. The van der Waals surface area contributed by atoms with Gasteiger partial charge in [0.2, 0.25) is 5.91 Å². The molecule has 6 nitrogen and oxygen atoms in total. The van der Waals surface area contributed by atoms with Gasteiger partial charge in [0.15, 0.2) is 0 Å². The lowest BCUT2D eigenvalue weighted by atomic mass is 10.1. The molecule has 0 unspecified atom stereocenters. The minimum Gasteiger partial charge on any atom is -0.497 e. The number of fused-ring (bicyclic) bond motifs is 1. The number of amides is 1. The van der Waals surface area contributed by atoms with Crippen molar-refractivity contribution in [2.24, 2.45) is 0 Å². The summed E-state index contributed by atoms with van der Waals surface area (Å²) in [6.07, 6.45) is 2.23. The second kappa shape index (κ2) is 7.61. The Kier molecular flexibility index (Phi) is 4.87. The highest BCUT2D eigenvalue weighted by Gasteiger charge is 2.22. The first-order valence-corrected chi connectivity index (χ1v) is 9.10. The zero-order valence-electron chi connectivity index (χ0n) is 15.3. The van der Waals surface area contributed by atoms with Crippen LogP contribution in [0.2, 0.25) is 0 Å². The van der Waals surface area contributed by atoms with Crippen molar-refractivity contribution in [1.82, 2.24) is 14.9 Å². The van der Waals surface area contributed by atoms with E-state index in [4.69, 9.17) is 9.72 Å². The lowest BCUT2D eigenvalue weighted by molar-refractivity contribution is -0.130. The molecule has 1 aliphatic heterocycles. The lowest BCUT2D eigenvalue weighted by Gasteiger charge is -2.35. The predicted molar refractivity (Wildman–Crippen MR) is 105 cm³/mol. The van der Waals surface area contributed by atoms with E-state index in [9.17, 15) is 4.79 Å². The summed E-state index contributed by atoms with van der Waals surface area (Å²) < 4.78 is 5.16. The number of piperazine rings is 1. The van der Waals surface area contributed by atoms with E-state index in [1.165, 1.54) is 0 Å². The molecule has 27 heavy (non-hydrogen) atoms. The Hall–Kier alpha value is -3.15. The molecule has 1 amide bonds. The van der Waals surface area contributed by atoms with E-state index in [0.717, 1.165) is 41.3 Å². The van der Waals surface area contributed by atoms with Gasteiger partial charge in [0.05, 0.1) is 30.8 Å². The van der Waals surface area contributed by atoms with Crippen LogP contribution in [0.3, 0.4) is 0 Å². The van der Waals surface area contributed by atoms with E-state index in [0.29, 0.717) is 19.5 Å². The van der Waals surface area contributed by atoms with Crippen LogP contribution in [-0.2, 0) is 11.2 Å². The number of hydrogen-bond acceptors (Lipinski definition) is 5. The molecule has 0 aliphatic carbocycles. The fourth-order valence-electron chi connectivity index (χ4n) is 3.31. The smallest absolute Gasteiger partial charge is 0.227 e. The third-order valence-electron chi connectivity index (χ3n) is 4.91. The van der Waals surface area contributed by atoms with E-state index < -0.39 is 0 Å². The number of benzene rings is 2. The summed E-state index contributed by atoms with van der Waals surface area (Å²) >= 11 is 0. The minimum atomic E-state index is 0.157. The van der Waals surface area contributed by atoms with Crippen LogP contribution in [-0.4, -0.2) is 54.1 Å². The summed E-state index contributed by atoms with van der Waals surface area (Å²) in [5.41, 5.74) is 2.80. The molecule has 1 aliphatic rings. The van der Waals surface area contributed by atoms with E-state index >= 15 is 0 Å². The molecule has 3 aromatic rings. The monoisotopic (exact) mass is 362 g/mol. The molecular formula is C21H22N4O2.